The Balaban J connectivity index is 1.85. The summed E-state index contributed by atoms with van der Waals surface area (Å²) in [6.07, 6.45) is 3.30. The maximum atomic E-state index is 10.2. The van der Waals surface area contributed by atoms with Crippen LogP contribution in [-0.4, -0.2) is 41.8 Å². The van der Waals surface area contributed by atoms with Gasteiger partial charge in [-0.3, -0.25) is 4.90 Å². The van der Waals surface area contributed by atoms with Crippen LogP contribution in [0.5, 0.6) is 5.75 Å². The van der Waals surface area contributed by atoms with Crippen molar-refractivity contribution >= 4 is 11.6 Å². The van der Waals surface area contributed by atoms with Gasteiger partial charge in [-0.05, 0) is 63.4 Å². The molecule has 0 bridgehead atoms. The molecule has 1 heterocycles. The average Bonchev–Trinajstić information content (AvgIpc) is 2.45. The van der Waals surface area contributed by atoms with E-state index in [4.69, 9.17) is 16.3 Å². The third-order valence-corrected chi connectivity index (χ3v) is 4.83. The molecule has 0 radical (unpaired) electrons. The van der Waals surface area contributed by atoms with Crippen molar-refractivity contribution in [3.63, 3.8) is 0 Å². The lowest BCUT2D eigenvalue weighted by Gasteiger charge is -2.34. The Morgan fingerprint density at radius 1 is 1.33 bits per heavy atom. The molecule has 4 heteroatoms. The Kier molecular flexibility index (Phi) is 5.91. The lowest BCUT2D eigenvalue weighted by molar-refractivity contribution is 0.0437. The van der Waals surface area contributed by atoms with E-state index in [0.29, 0.717) is 19.2 Å². The summed E-state index contributed by atoms with van der Waals surface area (Å²) in [6, 6.07) is 4.41. The van der Waals surface area contributed by atoms with Gasteiger partial charge in [0.05, 0.1) is 0 Å². The number of halogens is 1. The van der Waals surface area contributed by atoms with Crippen molar-refractivity contribution in [1.82, 2.24) is 4.90 Å². The Labute approximate surface area is 132 Å². The first-order valence-electron chi connectivity index (χ1n) is 7.79. The topological polar surface area (TPSA) is 32.7 Å². The molecule has 1 aliphatic rings. The number of likely N-dealkylation sites (tertiary alicyclic amines) is 1. The molecule has 0 saturated carbocycles. The standard InChI is InChI=1S/C17H26ClNO2/c1-12-8-16(9-13(2)17(12)18)21-11-15(20)10-19-7-5-4-6-14(19)3/h8-9,14-15,20H,4-7,10-11H2,1-3H3/t14-,15-/m1/s1. The van der Waals surface area contributed by atoms with Crippen LogP contribution in [-0.2, 0) is 0 Å². The van der Waals surface area contributed by atoms with Crippen molar-refractivity contribution < 1.29 is 9.84 Å². The summed E-state index contributed by atoms with van der Waals surface area (Å²) in [5.41, 5.74) is 2.01. The van der Waals surface area contributed by atoms with E-state index in [1.807, 2.05) is 26.0 Å². The number of benzene rings is 1. The maximum Gasteiger partial charge on any atom is 0.120 e. The number of β-amino-alcohol motifs (C(OH)–C–C–N with tert-alkyl or cyclic N) is 1. The van der Waals surface area contributed by atoms with Crippen LogP contribution in [0.3, 0.4) is 0 Å². The molecule has 0 spiro atoms. The number of nitrogens with zero attached hydrogens (tertiary/aromatic N) is 1. The fraction of sp³-hybridized carbons (Fsp3) is 0.647. The molecule has 3 nitrogen and oxygen atoms in total. The van der Waals surface area contributed by atoms with E-state index in [-0.39, 0.29) is 0 Å². The van der Waals surface area contributed by atoms with Crippen molar-refractivity contribution in [1.29, 1.82) is 0 Å². The molecule has 1 aliphatic heterocycles. The highest BCUT2D eigenvalue weighted by molar-refractivity contribution is 6.32. The zero-order valence-corrected chi connectivity index (χ0v) is 14.0. The monoisotopic (exact) mass is 311 g/mol. The Hall–Kier alpha value is -0.770. The molecule has 1 fully saturated rings. The summed E-state index contributed by atoms with van der Waals surface area (Å²) < 4.78 is 5.73. The van der Waals surface area contributed by atoms with Crippen molar-refractivity contribution in [2.75, 3.05) is 19.7 Å². The largest absolute Gasteiger partial charge is 0.491 e. The van der Waals surface area contributed by atoms with Crippen LogP contribution in [0.25, 0.3) is 0 Å². The van der Waals surface area contributed by atoms with Gasteiger partial charge in [0.15, 0.2) is 0 Å². The predicted octanol–water partition coefficient (Wildman–Crippen LogP) is 3.57. The van der Waals surface area contributed by atoms with Crippen molar-refractivity contribution in [2.24, 2.45) is 0 Å². The number of rotatable bonds is 5. The van der Waals surface area contributed by atoms with Crippen molar-refractivity contribution in [3.8, 4) is 5.75 Å². The smallest absolute Gasteiger partial charge is 0.120 e. The second-order valence-corrected chi connectivity index (χ2v) is 6.55. The van der Waals surface area contributed by atoms with Crippen LogP contribution in [0.1, 0.15) is 37.3 Å². The molecule has 1 aromatic rings. The van der Waals surface area contributed by atoms with Crippen LogP contribution in [0, 0.1) is 13.8 Å². The molecule has 21 heavy (non-hydrogen) atoms. The van der Waals surface area contributed by atoms with E-state index in [9.17, 15) is 5.11 Å². The molecule has 0 aromatic heterocycles. The molecule has 0 aliphatic carbocycles. The molecule has 118 valence electrons. The number of ether oxygens (including phenoxy) is 1. The lowest BCUT2D eigenvalue weighted by atomic mass is 10.0. The Morgan fingerprint density at radius 3 is 2.62 bits per heavy atom. The summed E-state index contributed by atoms with van der Waals surface area (Å²) in [4.78, 5) is 2.36. The highest BCUT2D eigenvalue weighted by atomic mass is 35.5. The van der Waals surface area contributed by atoms with Crippen molar-refractivity contribution in [2.45, 2.75) is 52.2 Å². The van der Waals surface area contributed by atoms with E-state index in [0.717, 1.165) is 28.4 Å². The molecule has 1 saturated heterocycles. The summed E-state index contributed by atoms with van der Waals surface area (Å²) in [5.74, 6) is 0.778. The quantitative estimate of drug-likeness (QED) is 0.902. The van der Waals surface area contributed by atoms with Crippen LogP contribution in [0.15, 0.2) is 12.1 Å². The summed E-state index contributed by atoms with van der Waals surface area (Å²) in [7, 11) is 0. The first-order chi connectivity index (χ1) is 9.97. The Bertz CT molecular complexity index is 455. The lowest BCUT2D eigenvalue weighted by Crippen LogP contribution is -2.43. The number of aliphatic hydroxyl groups excluding tert-OH is 1. The SMILES string of the molecule is Cc1cc(OC[C@H](O)CN2CCCC[C@H]2C)cc(C)c1Cl. The minimum atomic E-state index is -0.457. The third kappa shape index (κ3) is 4.60. The second-order valence-electron chi connectivity index (χ2n) is 6.18. The molecule has 2 rings (SSSR count). The average molecular weight is 312 g/mol. The summed E-state index contributed by atoms with van der Waals surface area (Å²) in [6.45, 7) is 8.26. The highest BCUT2D eigenvalue weighted by Crippen LogP contribution is 2.26. The van der Waals surface area contributed by atoms with Gasteiger partial charge in [0.25, 0.3) is 0 Å². The van der Waals surface area contributed by atoms with Gasteiger partial charge in [0.1, 0.15) is 18.5 Å². The maximum absolute atomic E-state index is 10.2. The van der Waals surface area contributed by atoms with Gasteiger partial charge < -0.3 is 9.84 Å². The molecule has 0 unspecified atom stereocenters. The van der Waals surface area contributed by atoms with Crippen molar-refractivity contribution in [3.05, 3.63) is 28.3 Å². The van der Waals surface area contributed by atoms with Gasteiger partial charge in [0.2, 0.25) is 0 Å². The molecular formula is C17H26ClNO2. The van der Waals surface area contributed by atoms with E-state index < -0.39 is 6.10 Å². The molecule has 1 aromatic carbocycles. The molecular weight excluding hydrogens is 286 g/mol. The summed E-state index contributed by atoms with van der Waals surface area (Å²) in [5, 5.41) is 11.0. The van der Waals surface area contributed by atoms with E-state index in [1.165, 1.54) is 19.3 Å². The van der Waals surface area contributed by atoms with Gasteiger partial charge in [-0.25, -0.2) is 0 Å². The molecule has 0 amide bonds. The predicted molar refractivity (Wildman–Crippen MR) is 87.3 cm³/mol. The minimum Gasteiger partial charge on any atom is -0.491 e. The zero-order chi connectivity index (χ0) is 15.4. The number of aryl methyl sites for hydroxylation is 2. The highest BCUT2D eigenvalue weighted by Gasteiger charge is 2.21. The first kappa shape index (κ1) is 16.6. The molecule has 1 N–H and O–H groups in total. The van der Waals surface area contributed by atoms with Crippen LogP contribution < -0.4 is 4.74 Å². The number of piperidine rings is 1. The normalized spacial score (nSPS) is 21.3. The van der Waals surface area contributed by atoms with E-state index in [2.05, 4.69) is 11.8 Å². The first-order valence-corrected chi connectivity index (χ1v) is 8.17. The van der Waals surface area contributed by atoms with Crippen LogP contribution in [0.4, 0.5) is 0 Å². The van der Waals surface area contributed by atoms with E-state index >= 15 is 0 Å². The fourth-order valence-electron chi connectivity index (χ4n) is 2.93. The van der Waals surface area contributed by atoms with Gasteiger partial charge >= 0.3 is 0 Å². The number of aliphatic hydroxyl groups is 1. The number of hydrogen-bond donors (Lipinski definition) is 1. The van der Waals surface area contributed by atoms with Gasteiger partial charge in [-0.1, -0.05) is 18.0 Å². The van der Waals surface area contributed by atoms with Gasteiger partial charge in [-0.15, -0.1) is 0 Å². The van der Waals surface area contributed by atoms with Crippen LogP contribution >= 0.6 is 11.6 Å². The van der Waals surface area contributed by atoms with E-state index in [1.54, 1.807) is 0 Å². The van der Waals surface area contributed by atoms with Gasteiger partial charge in [0, 0.05) is 17.6 Å². The minimum absolute atomic E-state index is 0.323. The third-order valence-electron chi connectivity index (χ3n) is 4.24. The zero-order valence-electron chi connectivity index (χ0n) is 13.2. The Morgan fingerprint density at radius 2 is 2.00 bits per heavy atom. The van der Waals surface area contributed by atoms with Crippen LogP contribution in [0.2, 0.25) is 5.02 Å². The number of hydrogen-bond acceptors (Lipinski definition) is 3. The summed E-state index contributed by atoms with van der Waals surface area (Å²) >= 11 is 6.15. The van der Waals surface area contributed by atoms with Gasteiger partial charge in [-0.2, -0.15) is 0 Å². The second kappa shape index (κ2) is 7.48. The fourth-order valence-corrected chi connectivity index (χ4v) is 3.04. The molecule has 2 atom stereocenters.